The van der Waals surface area contributed by atoms with E-state index in [1.165, 1.54) is 22.3 Å². The first-order chi connectivity index (χ1) is 31.1. The molecule has 1 N–H and O–H groups in total. The Balaban J connectivity index is 0.913. The van der Waals surface area contributed by atoms with Gasteiger partial charge in [-0.05, 0) is 35.6 Å². The van der Waals surface area contributed by atoms with Crippen LogP contribution in [0.5, 0.6) is 0 Å². The van der Waals surface area contributed by atoms with Crippen molar-refractivity contribution in [3.05, 3.63) is 71.8 Å². The fourth-order valence-corrected chi connectivity index (χ4v) is 5.85. The highest BCUT2D eigenvalue weighted by Crippen LogP contribution is 2.44. The third kappa shape index (κ3) is 26.7. The van der Waals surface area contributed by atoms with Crippen molar-refractivity contribution in [2.75, 3.05) is 178 Å². The number of benzene rings is 2. The standard InChI is InChI=1S/C46H71NO16/c1-39(2)45(48)62-37-36-61-35-34-60-33-32-59-31-30-58-29-28-57-27-26-56-25-24-55-23-22-54-21-20-53-19-18-52-17-16-51-15-14-50-13-7-12-47-46(49)63-38-44-42-10-5-3-8-40(42)41-9-4-6-11-43(41)44/h3-6,8-11,44H,1,7,12-38H2,2H3,(H,47,49). The number of hydrogen-bond donors (Lipinski definition) is 1. The molecule has 0 bridgehead atoms. The van der Waals surface area contributed by atoms with Crippen molar-refractivity contribution in [2.24, 2.45) is 0 Å². The largest absolute Gasteiger partial charge is 0.460 e. The maximum Gasteiger partial charge on any atom is 0.407 e. The molecule has 0 heterocycles. The number of ether oxygens (including phenoxy) is 14. The lowest BCUT2D eigenvalue weighted by molar-refractivity contribution is -0.140. The smallest absolute Gasteiger partial charge is 0.407 e. The molecule has 1 aliphatic rings. The van der Waals surface area contributed by atoms with Gasteiger partial charge in [-0.25, -0.2) is 9.59 Å². The number of rotatable bonds is 43. The summed E-state index contributed by atoms with van der Waals surface area (Å²) in [6, 6.07) is 16.6. The van der Waals surface area contributed by atoms with Crippen LogP contribution in [0, 0.1) is 0 Å². The van der Waals surface area contributed by atoms with Gasteiger partial charge in [-0.3, -0.25) is 0 Å². The average molecular weight is 894 g/mol. The van der Waals surface area contributed by atoms with Crippen molar-refractivity contribution in [3.63, 3.8) is 0 Å². The maximum absolute atomic E-state index is 12.3. The Morgan fingerprint density at radius 3 is 1.08 bits per heavy atom. The minimum Gasteiger partial charge on any atom is -0.460 e. The zero-order chi connectivity index (χ0) is 44.7. The SMILES string of the molecule is C=C(C)C(=O)OCCOCCOCCOCCOCCOCCOCCOCCOCCOCCOCCOCCOCCCNC(=O)OCC1c2ccccc2-c2ccccc21. The molecule has 356 valence electrons. The molecule has 63 heavy (non-hydrogen) atoms. The maximum atomic E-state index is 12.3. The summed E-state index contributed by atoms with van der Waals surface area (Å²) >= 11 is 0. The zero-order valence-corrected chi connectivity index (χ0v) is 37.2. The second-order valence-electron chi connectivity index (χ2n) is 13.9. The Labute approximate surface area is 373 Å². The predicted molar refractivity (Wildman–Crippen MR) is 233 cm³/mol. The molecule has 0 aromatic heterocycles. The van der Waals surface area contributed by atoms with Crippen LogP contribution in [0.4, 0.5) is 4.79 Å². The predicted octanol–water partition coefficient (Wildman–Crippen LogP) is 4.23. The molecule has 0 radical (unpaired) electrons. The molecule has 2 aromatic rings. The van der Waals surface area contributed by atoms with Gasteiger partial charge >= 0.3 is 12.1 Å². The molecule has 3 rings (SSSR count). The van der Waals surface area contributed by atoms with Gasteiger partial charge in [0.15, 0.2) is 0 Å². The summed E-state index contributed by atoms with van der Waals surface area (Å²) in [6.45, 7) is 17.3. The van der Waals surface area contributed by atoms with E-state index in [9.17, 15) is 9.59 Å². The second kappa shape index (κ2) is 37.8. The number of fused-ring (bicyclic) bond motifs is 3. The Morgan fingerprint density at radius 2 is 0.746 bits per heavy atom. The van der Waals surface area contributed by atoms with Gasteiger partial charge in [0.25, 0.3) is 0 Å². The summed E-state index contributed by atoms with van der Waals surface area (Å²) < 4.78 is 76.3. The molecule has 0 unspecified atom stereocenters. The fraction of sp³-hybridized carbons (Fsp3) is 0.652. The Kier molecular flexibility index (Phi) is 32.2. The lowest BCUT2D eigenvalue weighted by Gasteiger charge is -2.14. The Bertz CT molecular complexity index is 1420. The van der Waals surface area contributed by atoms with Gasteiger partial charge in [0.1, 0.15) is 13.2 Å². The molecule has 1 amide bonds. The number of nitrogens with one attached hydrogen (secondary N) is 1. The van der Waals surface area contributed by atoms with Gasteiger partial charge in [0.05, 0.1) is 152 Å². The summed E-state index contributed by atoms with van der Waals surface area (Å²) in [7, 11) is 0. The molecular formula is C46H71NO16. The Hall–Kier alpha value is -3.56. The van der Waals surface area contributed by atoms with Gasteiger partial charge < -0.3 is 71.6 Å². The summed E-state index contributed by atoms with van der Waals surface area (Å²) in [4.78, 5) is 23.5. The molecule has 0 fully saturated rings. The van der Waals surface area contributed by atoms with E-state index in [1.54, 1.807) is 6.92 Å². The zero-order valence-electron chi connectivity index (χ0n) is 37.2. The number of esters is 1. The average Bonchev–Trinajstić information content (AvgIpc) is 3.62. The van der Waals surface area contributed by atoms with E-state index in [4.69, 9.17) is 66.3 Å². The van der Waals surface area contributed by atoms with E-state index in [0.29, 0.717) is 184 Å². The molecule has 17 heteroatoms. The van der Waals surface area contributed by atoms with Crippen LogP contribution in [0.25, 0.3) is 11.1 Å². The topological polar surface area (TPSA) is 175 Å². The molecule has 0 aliphatic heterocycles. The van der Waals surface area contributed by atoms with Gasteiger partial charge in [-0.1, -0.05) is 55.1 Å². The van der Waals surface area contributed by atoms with Crippen LogP contribution in [0.15, 0.2) is 60.7 Å². The van der Waals surface area contributed by atoms with Crippen LogP contribution >= 0.6 is 0 Å². The van der Waals surface area contributed by atoms with Crippen molar-refractivity contribution in [3.8, 4) is 11.1 Å². The summed E-state index contributed by atoms with van der Waals surface area (Å²) in [5, 5.41) is 2.80. The number of carbonyl (C=O) groups is 2. The van der Waals surface area contributed by atoms with Crippen LogP contribution < -0.4 is 5.32 Å². The molecule has 0 atom stereocenters. The minimum atomic E-state index is -0.420. The lowest BCUT2D eigenvalue weighted by Crippen LogP contribution is -2.27. The Morgan fingerprint density at radius 1 is 0.444 bits per heavy atom. The second-order valence-corrected chi connectivity index (χ2v) is 13.9. The number of alkyl carbamates (subject to hydrolysis) is 1. The van der Waals surface area contributed by atoms with Gasteiger partial charge in [0, 0.05) is 24.6 Å². The lowest BCUT2D eigenvalue weighted by atomic mass is 9.98. The van der Waals surface area contributed by atoms with Crippen LogP contribution in [0.2, 0.25) is 0 Å². The molecule has 0 spiro atoms. The van der Waals surface area contributed by atoms with Crippen molar-refractivity contribution >= 4 is 12.1 Å². The minimum absolute atomic E-state index is 0.0440. The van der Waals surface area contributed by atoms with E-state index in [-0.39, 0.29) is 12.5 Å². The van der Waals surface area contributed by atoms with Crippen LogP contribution in [-0.2, 0) is 71.1 Å². The molecular weight excluding hydrogens is 822 g/mol. The van der Waals surface area contributed by atoms with Crippen molar-refractivity contribution in [2.45, 2.75) is 19.3 Å². The van der Waals surface area contributed by atoms with Gasteiger partial charge in [-0.15, -0.1) is 0 Å². The van der Waals surface area contributed by atoms with Crippen LogP contribution in [0.3, 0.4) is 0 Å². The normalized spacial score (nSPS) is 12.0. The fourth-order valence-electron chi connectivity index (χ4n) is 5.85. The third-order valence-corrected chi connectivity index (χ3v) is 8.98. The summed E-state index contributed by atoms with van der Waals surface area (Å²) in [6.07, 6.45) is 0.258. The van der Waals surface area contributed by atoms with Crippen molar-refractivity contribution < 1.29 is 75.9 Å². The highest BCUT2D eigenvalue weighted by atomic mass is 16.6. The van der Waals surface area contributed by atoms with Crippen molar-refractivity contribution in [1.82, 2.24) is 5.32 Å². The first-order valence-corrected chi connectivity index (χ1v) is 21.9. The van der Waals surface area contributed by atoms with E-state index in [1.807, 2.05) is 24.3 Å². The number of amides is 1. The van der Waals surface area contributed by atoms with Crippen LogP contribution in [-0.4, -0.2) is 190 Å². The van der Waals surface area contributed by atoms with Gasteiger partial charge in [0.2, 0.25) is 0 Å². The third-order valence-electron chi connectivity index (χ3n) is 8.98. The van der Waals surface area contributed by atoms with Crippen molar-refractivity contribution in [1.29, 1.82) is 0 Å². The highest BCUT2D eigenvalue weighted by Gasteiger charge is 2.29. The first-order valence-electron chi connectivity index (χ1n) is 21.9. The van der Waals surface area contributed by atoms with E-state index in [0.717, 1.165) is 0 Å². The molecule has 1 aliphatic carbocycles. The van der Waals surface area contributed by atoms with E-state index < -0.39 is 12.1 Å². The monoisotopic (exact) mass is 893 g/mol. The molecule has 2 aromatic carbocycles. The number of carbonyl (C=O) groups excluding carboxylic acids is 2. The molecule has 0 saturated carbocycles. The van der Waals surface area contributed by atoms with E-state index >= 15 is 0 Å². The number of hydrogen-bond acceptors (Lipinski definition) is 16. The first kappa shape index (κ1) is 53.8. The quantitative estimate of drug-likeness (QED) is 0.0569. The summed E-state index contributed by atoms with van der Waals surface area (Å²) in [5.74, 6) is -0.373. The molecule has 17 nitrogen and oxygen atoms in total. The highest BCUT2D eigenvalue weighted by molar-refractivity contribution is 5.86. The molecule has 0 saturated heterocycles. The van der Waals surface area contributed by atoms with Crippen LogP contribution in [0.1, 0.15) is 30.4 Å². The van der Waals surface area contributed by atoms with Gasteiger partial charge in [-0.2, -0.15) is 0 Å². The van der Waals surface area contributed by atoms with E-state index in [2.05, 4.69) is 36.2 Å². The summed E-state index contributed by atoms with van der Waals surface area (Å²) in [5.41, 5.74) is 5.16.